The summed E-state index contributed by atoms with van der Waals surface area (Å²) in [5, 5.41) is 3.62. The van der Waals surface area contributed by atoms with Crippen LogP contribution in [0.3, 0.4) is 0 Å². The Bertz CT molecular complexity index is 307. The molecule has 4 atom stereocenters. The van der Waals surface area contributed by atoms with E-state index >= 15 is 0 Å². The van der Waals surface area contributed by atoms with E-state index in [1.807, 2.05) is 0 Å². The molecule has 3 heteroatoms. The third-order valence-electron chi connectivity index (χ3n) is 6.20. The van der Waals surface area contributed by atoms with Gasteiger partial charge in [-0.1, -0.05) is 19.3 Å². The van der Waals surface area contributed by atoms with Crippen LogP contribution in [0.25, 0.3) is 0 Å². The number of piperidine rings is 2. The van der Waals surface area contributed by atoms with Gasteiger partial charge in [0.15, 0.2) is 0 Å². The summed E-state index contributed by atoms with van der Waals surface area (Å²) in [5.74, 6) is 0.934. The normalized spacial score (nSPS) is 41.1. The zero-order valence-electron chi connectivity index (χ0n) is 13.5. The van der Waals surface area contributed by atoms with Gasteiger partial charge in [0.25, 0.3) is 0 Å². The van der Waals surface area contributed by atoms with E-state index in [1.54, 1.807) is 0 Å². The molecule has 2 aliphatic heterocycles. The number of nitrogens with one attached hydrogen (secondary N) is 1. The van der Waals surface area contributed by atoms with Gasteiger partial charge >= 0.3 is 0 Å². The van der Waals surface area contributed by atoms with Crippen LogP contribution in [-0.2, 0) is 0 Å². The van der Waals surface area contributed by atoms with Crippen molar-refractivity contribution in [2.75, 3.05) is 33.7 Å². The largest absolute Gasteiger partial charge is 0.315 e. The predicted molar refractivity (Wildman–Crippen MR) is 85.1 cm³/mol. The Morgan fingerprint density at radius 1 is 0.850 bits per heavy atom. The van der Waals surface area contributed by atoms with E-state index in [-0.39, 0.29) is 0 Å². The number of likely N-dealkylation sites (N-methyl/N-ethyl adjacent to an activating group) is 1. The molecule has 1 N–H and O–H groups in total. The molecule has 0 aromatic heterocycles. The van der Waals surface area contributed by atoms with Crippen LogP contribution in [0, 0.1) is 5.92 Å². The van der Waals surface area contributed by atoms with Crippen LogP contribution in [-0.4, -0.2) is 61.7 Å². The molecule has 0 amide bonds. The van der Waals surface area contributed by atoms with Crippen LogP contribution in [0.1, 0.15) is 51.4 Å². The summed E-state index contributed by atoms with van der Waals surface area (Å²) in [7, 11) is 4.51. The Morgan fingerprint density at radius 3 is 2.55 bits per heavy atom. The van der Waals surface area contributed by atoms with Gasteiger partial charge < -0.3 is 10.2 Å². The van der Waals surface area contributed by atoms with Crippen LogP contribution in [0.2, 0.25) is 0 Å². The van der Waals surface area contributed by atoms with Crippen molar-refractivity contribution >= 4 is 0 Å². The number of hydrogen-bond donors (Lipinski definition) is 1. The van der Waals surface area contributed by atoms with Crippen LogP contribution < -0.4 is 5.32 Å². The van der Waals surface area contributed by atoms with Crippen molar-refractivity contribution in [3.63, 3.8) is 0 Å². The highest BCUT2D eigenvalue weighted by molar-refractivity contribution is 4.94. The smallest absolute Gasteiger partial charge is 0.0249 e. The molecular formula is C17H33N3. The van der Waals surface area contributed by atoms with Gasteiger partial charge in [-0.2, -0.15) is 0 Å². The van der Waals surface area contributed by atoms with Gasteiger partial charge in [-0.05, 0) is 58.7 Å². The molecule has 0 bridgehead atoms. The topological polar surface area (TPSA) is 18.5 Å². The van der Waals surface area contributed by atoms with Crippen molar-refractivity contribution in [2.24, 2.45) is 5.92 Å². The number of rotatable bonds is 2. The minimum Gasteiger partial charge on any atom is -0.315 e. The van der Waals surface area contributed by atoms with Crippen LogP contribution >= 0.6 is 0 Å². The molecule has 3 nitrogen and oxygen atoms in total. The Balaban J connectivity index is 1.65. The minimum absolute atomic E-state index is 0.732. The van der Waals surface area contributed by atoms with E-state index in [9.17, 15) is 0 Å². The second kappa shape index (κ2) is 6.76. The molecule has 3 fully saturated rings. The number of hydrogen-bond acceptors (Lipinski definition) is 3. The highest BCUT2D eigenvalue weighted by atomic mass is 15.2. The van der Waals surface area contributed by atoms with Gasteiger partial charge in [-0.25, -0.2) is 0 Å². The zero-order valence-corrected chi connectivity index (χ0v) is 13.5. The monoisotopic (exact) mass is 279 g/mol. The van der Waals surface area contributed by atoms with Crippen molar-refractivity contribution in [1.82, 2.24) is 15.1 Å². The minimum atomic E-state index is 0.732. The first-order valence-electron chi connectivity index (χ1n) is 8.91. The zero-order chi connectivity index (χ0) is 13.9. The maximum Gasteiger partial charge on any atom is 0.0249 e. The quantitative estimate of drug-likeness (QED) is 0.783. The van der Waals surface area contributed by atoms with E-state index in [0.717, 1.165) is 24.0 Å². The summed E-state index contributed by atoms with van der Waals surface area (Å²) >= 11 is 0. The molecule has 0 aromatic carbocycles. The third-order valence-corrected chi connectivity index (χ3v) is 6.20. The first-order chi connectivity index (χ1) is 9.79. The molecule has 4 unspecified atom stereocenters. The Morgan fingerprint density at radius 2 is 1.70 bits per heavy atom. The molecular weight excluding hydrogens is 246 g/mol. The second-order valence-electron chi connectivity index (χ2n) is 7.33. The molecule has 3 rings (SSSR count). The third kappa shape index (κ3) is 3.05. The standard InChI is InChI=1S/C17H33N3/c1-18-15-8-4-3-5-9-17(15)20-12-10-16-14(13-20)7-6-11-19(16)2/h14-18H,3-13H2,1-2H3. The Kier molecular flexibility index (Phi) is 5.00. The molecule has 0 radical (unpaired) electrons. The lowest BCUT2D eigenvalue weighted by atomic mass is 9.83. The van der Waals surface area contributed by atoms with E-state index < -0.39 is 0 Å². The van der Waals surface area contributed by atoms with Crippen LogP contribution in [0.5, 0.6) is 0 Å². The summed E-state index contributed by atoms with van der Waals surface area (Å²) < 4.78 is 0. The lowest BCUT2D eigenvalue weighted by Gasteiger charge is -2.49. The van der Waals surface area contributed by atoms with Crippen molar-refractivity contribution in [3.8, 4) is 0 Å². The number of likely N-dealkylation sites (tertiary alicyclic amines) is 2. The fraction of sp³-hybridized carbons (Fsp3) is 1.00. The Labute approximate surface area is 125 Å². The van der Waals surface area contributed by atoms with E-state index in [0.29, 0.717) is 0 Å². The van der Waals surface area contributed by atoms with Crippen LogP contribution in [0.4, 0.5) is 0 Å². The van der Waals surface area contributed by atoms with Crippen molar-refractivity contribution in [2.45, 2.75) is 69.5 Å². The molecule has 0 aromatic rings. The molecule has 0 spiro atoms. The van der Waals surface area contributed by atoms with Gasteiger partial charge in [-0.15, -0.1) is 0 Å². The fourth-order valence-electron chi connectivity index (χ4n) is 5.04. The lowest BCUT2D eigenvalue weighted by Crippen LogP contribution is -2.58. The first-order valence-corrected chi connectivity index (χ1v) is 8.91. The van der Waals surface area contributed by atoms with Gasteiger partial charge in [-0.3, -0.25) is 4.90 Å². The predicted octanol–water partition coefficient (Wildman–Crippen LogP) is 2.32. The molecule has 20 heavy (non-hydrogen) atoms. The first kappa shape index (κ1) is 14.8. The summed E-state index contributed by atoms with van der Waals surface area (Å²) in [6, 6.07) is 2.41. The number of nitrogens with zero attached hydrogens (tertiary/aromatic N) is 2. The lowest BCUT2D eigenvalue weighted by molar-refractivity contribution is 0.0110. The summed E-state index contributed by atoms with van der Waals surface area (Å²) in [6.45, 7) is 4.01. The molecule has 1 saturated carbocycles. The SMILES string of the molecule is CNC1CCCCCC1N1CCC2C(CCCN2C)C1. The highest BCUT2D eigenvalue weighted by Crippen LogP contribution is 2.33. The fourth-order valence-corrected chi connectivity index (χ4v) is 5.04. The number of fused-ring (bicyclic) bond motifs is 1. The molecule has 2 saturated heterocycles. The molecule has 3 aliphatic rings. The summed E-state index contributed by atoms with van der Waals surface area (Å²) in [6.07, 6.45) is 11.4. The highest BCUT2D eigenvalue weighted by Gasteiger charge is 2.38. The maximum atomic E-state index is 3.62. The Hall–Kier alpha value is -0.120. The second-order valence-corrected chi connectivity index (χ2v) is 7.33. The van der Waals surface area contributed by atoms with Gasteiger partial charge in [0.05, 0.1) is 0 Å². The molecule has 116 valence electrons. The average molecular weight is 279 g/mol. The van der Waals surface area contributed by atoms with Gasteiger partial charge in [0.2, 0.25) is 0 Å². The van der Waals surface area contributed by atoms with Crippen molar-refractivity contribution in [1.29, 1.82) is 0 Å². The van der Waals surface area contributed by atoms with Crippen molar-refractivity contribution < 1.29 is 0 Å². The van der Waals surface area contributed by atoms with Crippen molar-refractivity contribution in [3.05, 3.63) is 0 Å². The van der Waals surface area contributed by atoms with E-state index in [1.165, 1.54) is 71.0 Å². The van der Waals surface area contributed by atoms with Gasteiger partial charge in [0, 0.05) is 31.2 Å². The van der Waals surface area contributed by atoms with Gasteiger partial charge in [0.1, 0.15) is 0 Å². The molecule has 2 heterocycles. The summed E-state index contributed by atoms with van der Waals surface area (Å²) in [4.78, 5) is 5.49. The van der Waals surface area contributed by atoms with Crippen LogP contribution in [0.15, 0.2) is 0 Å². The van der Waals surface area contributed by atoms with E-state index in [2.05, 4.69) is 29.2 Å². The van der Waals surface area contributed by atoms with E-state index in [4.69, 9.17) is 0 Å². The average Bonchev–Trinajstić information content (AvgIpc) is 2.72. The molecule has 1 aliphatic carbocycles. The maximum absolute atomic E-state index is 3.62. The summed E-state index contributed by atoms with van der Waals surface area (Å²) in [5.41, 5.74) is 0.